The molecule has 1 saturated heterocycles. The Morgan fingerprint density at radius 3 is 2.53 bits per heavy atom. The van der Waals surface area contributed by atoms with Gasteiger partial charge in [-0.2, -0.15) is 0 Å². The van der Waals surface area contributed by atoms with Gasteiger partial charge in [-0.1, -0.05) is 0 Å². The van der Waals surface area contributed by atoms with Crippen molar-refractivity contribution in [3.05, 3.63) is 0 Å². The second-order valence-corrected chi connectivity index (χ2v) is 3.45. The quantitative estimate of drug-likeness (QED) is 0.344. The van der Waals surface area contributed by atoms with Crippen molar-refractivity contribution in [1.29, 1.82) is 0 Å². The summed E-state index contributed by atoms with van der Waals surface area (Å²) in [6.07, 6.45) is 0.748. The van der Waals surface area contributed by atoms with E-state index in [-0.39, 0.29) is 32.5 Å². The van der Waals surface area contributed by atoms with Gasteiger partial charge in [0.2, 0.25) is 24.1 Å². The Kier molecular flexibility index (Phi) is 5.28. The summed E-state index contributed by atoms with van der Waals surface area (Å²) in [5.74, 6) is -1.41. The molecule has 0 atom stereocenters. The average molecular weight is 242 g/mol. The number of nitrogens with zero attached hydrogens (tertiary/aromatic N) is 1. The van der Waals surface area contributed by atoms with Crippen LogP contribution in [0.2, 0.25) is 0 Å². The predicted molar refractivity (Wildman–Crippen MR) is 55.6 cm³/mol. The van der Waals surface area contributed by atoms with Gasteiger partial charge in [-0.3, -0.25) is 19.2 Å². The molecule has 0 radical (unpaired) electrons. The Labute approximate surface area is 98.1 Å². The van der Waals surface area contributed by atoms with Crippen LogP contribution in [0.4, 0.5) is 0 Å². The molecule has 94 valence electrons. The van der Waals surface area contributed by atoms with Gasteiger partial charge < -0.3 is 10.1 Å². The zero-order valence-corrected chi connectivity index (χ0v) is 9.31. The van der Waals surface area contributed by atoms with Crippen LogP contribution in [0.25, 0.3) is 0 Å². The van der Waals surface area contributed by atoms with E-state index < -0.39 is 17.7 Å². The highest BCUT2D eigenvalue weighted by molar-refractivity contribution is 6.14. The van der Waals surface area contributed by atoms with Gasteiger partial charge in [0.1, 0.15) is 0 Å². The molecule has 17 heavy (non-hydrogen) atoms. The Bertz CT molecular complexity index is 313. The summed E-state index contributed by atoms with van der Waals surface area (Å²) in [6.45, 7) is 0.767. The highest BCUT2D eigenvalue weighted by Crippen LogP contribution is 2.12. The molecule has 1 aliphatic heterocycles. The molecule has 0 spiro atoms. The lowest BCUT2D eigenvalue weighted by Gasteiger charge is -2.11. The van der Waals surface area contributed by atoms with Crippen molar-refractivity contribution in [3.63, 3.8) is 0 Å². The topological polar surface area (TPSA) is 92.8 Å². The normalized spacial score (nSPS) is 15.2. The molecule has 0 aromatic carbocycles. The number of likely N-dealkylation sites (tertiary alicyclic amines) is 1. The second-order valence-electron chi connectivity index (χ2n) is 3.45. The van der Waals surface area contributed by atoms with E-state index in [0.717, 1.165) is 0 Å². The molecule has 0 bridgehead atoms. The molecule has 0 unspecified atom stereocenters. The van der Waals surface area contributed by atoms with Crippen LogP contribution in [-0.4, -0.2) is 48.8 Å². The van der Waals surface area contributed by atoms with Gasteiger partial charge >= 0.3 is 0 Å². The van der Waals surface area contributed by atoms with Gasteiger partial charge in [-0.05, 0) is 0 Å². The smallest absolute Gasteiger partial charge is 0.238 e. The monoisotopic (exact) mass is 242 g/mol. The molecule has 0 aromatic heterocycles. The molecular weight excluding hydrogens is 228 g/mol. The van der Waals surface area contributed by atoms with E-state index >= 15 is 0 Å². The van der Waals surface area contributed by atoms with E-state index in [1.165, 1.54) is 0 Å². The van der Waals surface area contributed by atoms with Crippen LogP contribution >= 0.6 is 0 Å². The molecule has 1 N–H and O–H groups in total. The Morgan fingerprint density at radius 1 is 1.29 bits per heavy atom. The van der Waals surface area contributed by atoms with Gasteiger partial charge in [-0.25, -0.2) is 4.90 Å². The lowest BCUT2D eigenvalue weighted by atomic mass is 10.4. The number of rotatable bonds is 7. The van der Waals surface area contributed by atoms with Crippen molar-refractivity contribution in [1.82, 2.24) is 10.2 Å². The minimum absolute atomic E-state index is 0.0153. The van der Waals surface area contributed by atoms with Crippen molar-refractivity contribution in [2.75, 3.05) is 19.8 Å². The van der Waals surface area contributed by atoms with Gasteiger partial charge in [-0.15, -0.1) is 0 Å². The third kappa shape index (κ3) is 3.95. The highest BCUT2D eigenvalue weighted by atomic mass is 16.5. The van der Waals surface area contributed by atoms with Crippen molar-refractivity contribution in [3.8, 4) is 0 Å². The fraction of sp³-hybridized carbons (Fsp3) is 0.600. The van der Waals surface area contributed by atoms with Crippen LogP contribution in [0.5, 0.6) is 0 Å². The lowest BCUT2D eigenvalue weighted by molar-refractivity contribution is -0.149. The molecular formula is C10H14N2O5. The van der Waals surface area contributed by atoms with E-state index in [2.05, 4.69) is 5.32 Å². The van der Waals surface area contributed by atoms with E-state index in [4.69, 9.17) is 4.74 Å². The largest absolute Gasteiger partial charge is 0.379 e. The van der Waals surface area contributed by atoms with Crippen molar-refractivity contribution in [2.45, 2.75) is 19.3 Å². The molecule has 1 heterocycles. The Morgan fingerprint density at radius 2 is 1.94 bits per heavy atom. The number of carbonyl (C=O) groups excluding carboxylic acids is 4. The number of hydrogen-bond acceptors (Lipinski definition) is 5. The third-order valence-electron chi connectivity index (χ3n) is 2.24. The second kappa shape index (κ2) is 6.74. The first-order valence-electron chi connectivity index (χ1n) is 5.30. The maximum atomic E-state index is 11.5. The first kappa shape index (κ1) is 13.3. The van der Waals surface area contributed by atoms with Crippen molar-refractivity contribution in [2.24, 2.45) is 0 Å². The van der Waals surface area contributed by atoms with E-state index in [1.54, 1.807) is 0 Å². The van der Waals surface area contributed by atoms with Crippen LogP contribution in [0.3, 0.4) is 0 Å². The third-order valence-corrected chi connectivity index (χ3v) is 2.24. The van der Waals surface area contributed by atoms with Crippen LogP contribution in [0.1, 0.15) is 19.3 Å². The first-order valence-corrected chi connectivity index (χ1v) is 5.30. The fourth-order valence-electron chi connectivity index (χ4n) is 1.42. The minimum Gasteiger partial charge on any atom is -0.379 e. The molecule has 0 aliphatic carbocycles. The SMILES string of the molecule is O=CNCCOCCC(=O)N1C(=O)CCC1=O. The maximum Gasteiger partial charge on any atom is 0.238 e. The van der Waals surface area contributed by atoms with E-state index in [9.17, 15) is 19.2 Å². The summed E-state index contributed by atoms with van der Waals surface area (Å²) < 4.78 is 5.04. The molecule has 7 nitrogen and oxygen atoms in total. The van der Waals surface area contributed by atoms with Crippen LogP contribution < -0.4 is 5.32 Å². The number of nitrogens with one attached hydrogen (secondary N) is 1. The molecule has 0 aromatic rings. The van der Waals surface area contributed by atoms with Gasteiger partial charge in [0, 0.05) is 19.4 Å². The summed E-state index contributed by atoms with van der Waals surface area (Å²) in [4.78, 5) is 44.5. The molecule has 0 saturated carbocycles. The number of ether oxygens (including phenoxy) is 1. The molecule has 1 aliphatic rings. The van der Waals surface area contributed by atoms with Gasteiger partial charge in [0.25, 0.3) is 0 Å². The standard InChI is InChI=1S/C10H14N2O5/c13-7-11-4-6-17-5-3-10(16)12-8(14)1-2-9(12)15/h7H,1-6H2,(H,11,13). The van der Waals surface area contributed by atoms with Crippen LogP contribution in [0.15, 0.2) is 0 Å². The number of carbonyl (C=O) groups is 4. The molecule has 1 fully saturated rings. The summed E-state index contributed by atoms with van der Waals surface area (Å²) in [6, 6.07) is 0. The molecule has 1 rings (SSSR count). The summed E-state index contributed by atoms with van der Waals surface area (Å²) in [7, 11) is 0. The van der Waals surface area contributed by atoms with E-state index in [1.807, 2.05) is 0 Å². The molecule has 7 heteroatoms. The molecule has 4 amide bonds. The van der Waals surface area contributed by atoms with Crippen molar-refractivity contribution < 1.29 is 23.9 Å². The summed E-state index contributed by atoms with van der Waals surface area (Å²) in [5.41, 5.74) is 0. The zero-order chi connectivity index (χ0) is 12.7. The van der Waals surface area contributed by atoms with Gasteiger partial charge in [0.05, 0.1) is 19.6 Å². The fourth-order valence-corrected chi connectivity index (χ4v) is 1.42. The predicted octanol–water partition coefficient (Wildman–Crippen LogP) is -1.19. The maximum absolute atomic E-state index is 11.5. The van der Waals surface area contributed by atoms with E-state index in [0.29, 0.717) is 17.9 Å². The Balaban J connectivity index is 2.18. The number of imide groups is 3. The first-order chi connectivity index (χ1) is 8.16. The average Bonchev–Trinajstić information content (AvgIpc) is 2.63. The zero-order valence-electron chi connectivity index (χ0n) is 9.31. The summed E-state index contributed by atoms with van der Waals surface area (Å²) >= 11 is 0. The number of hydrogen-bond donors (Lipinski definition) is 1. The van der Waals surface area contributed by atoms with Crippen molar-refractivity contribution >= 4 is 24.1 Å². The van der Waals surface area contributed by atoms with Gasteiger partial charge in [0.15, 0.2) is 0 Å². The minimum atomic E-state index is -0.527. The number of amides is 4. The highest BCUT2D eigenvalue weighted by Gasteiger charge is 2.33. The van der Waals surface area contributed by atoms with Crippen LogP contribution in [0, 0.1) is 0 Å². The van der Waals surface area contributed by atoms with Crippen LogP contribution in [-0.2, 0) is 23.9 Å². The Hall–Kier alpha value is -1.76. The lowest BCUT2D eigenvalue weighted by Crippen LogP contribution is -2.36. The summed E-state index contributed by atoms with van der Waals surface area (Å²) in [5, 5.41) is 2.40.